The van der Waals surface area contributed by atoms with E-state index in [1.54, 1.807) is 6.92 Å². The minimum Gasteiger partial charge on any atom is -0.307 e. The van der Waals surface area contributed by atoms with Crippen molar-refractivity contribution >= 4 is 38.2 Å². The normalized spacial score (nSPS) is 14.8. The minimum absolute atomic E-state index is 0.0884. The molecule has 9 heteroatoms. The minimum atomic E-state index is -3.21. The molecule has 7 nitrogen and oxygen atoms in total. The van der Waals surface area contributed by atoms with Gasteiger partial charge < -0.3 is 5.32 Å². The zero-order chi connectivity index (χ0) is 18.0. The van der Waals surface area contributed by atoms with Crippen LogP contribution in [0.2, 0.25) is 0 Å². The second-order valence-corrected chi connectivity index (χ2v) is 9.11. The average Bonchev–Trinajstić information content (AvgIpc) is 2.98. The van der Waals surface area contributed by atoms with E-state index in [0.717, 1.165) is 21.8 Å². The molecule has 0 bridgehead atoms. The van der Waals surface area contributed by atoms with E-state index in [4.69, 9.17) is 0 Å². The van der Waals surface area contributed by atoms with E-state index in [9.17, 15) is 13.2 Å². The van der Waals surface area contributed by atoms with Crippen LogP contribution >= 0.6 is 11.3 Å². The molecule has 0 saturated carbocycles. The third kappa shape index (κ3) is 4.00. The number of carbonyl (C=O) groups excluding carboxylic acids is 1. The van der Waals surface area contributed by atoms with Crippen LogP contribution in [0.1, 0.15) is 23.1 Å². The SMILES string of the molecule is CCS(=O)(=O)N1CCc2nc(NC(=O)Nc3ccccc3C)sc2C1. The van der Waals surface area contributed by atoms with Crippen molar-refractivity contribution in [2.45, 2.75) is 26.8 Å². The summed E-state index contributed by atoms with van der Waals surface area (Å²) in [6.07, 6.45) is 0.562. The fourth-order valence-corrected chi connectivity index (χ4v) is 4.77. The van der Waals surface area contributed by atoms with Crippen LogP contribution in [0.5, 0.6) is 0 Å². The van der Waals surface area contributed by atoms with Crippen LogP contribution in [0.3, 0.4) is 0 Å². The van der Waals surface area contributed by atoms with Crippen LogP contribution in [-0.4, -0.2) is 36.0 Å². The molecule has 2 amide bonds. The first-order chi connectivity index (χ1) is 11.9. The molecule has 0 atom stereocenters. The Morgan fingerprint density at radius 1 is 1.32 bits per heavy atom. The number of rotatable bonds is 4. The lowest BCUT2D eigenvalue weighted by Gasteiger charge is -2.24. The van der Waals surface area contributed by atoms with Crippen LogP contribution in [0.25, 0.3) is 0 Å². The van der Waals surface area contributed by atoms with Crippen LogP contribution in [0.4, 0.5) is 15.6 Å². The van der Waals surface area contributed by atoms with E-state index >= 15 is 0 Å². The van der Waals surface area contributed by atoms with Crippen LogP contribution < -0.4 is 10.6 Å². The zero-order valence-corrected chi connectivity index (χ0v) is 15.7. The van der Waals surface area contributed by atoms with Gasteiger partial charge in [0, 0.05) is 30.1 Å². The van der Waals surface area contributed by atoms with Gasteiger partial charge in [-0.3, -0.25) is 5.32 Å². The first kappa shape index (κ1) is 17.8. The summed E-state index contributed by atoms with van der Waals surface area (Å²) >= 11 is 1.32. The highest BCUT2D eigenvalue weighted by atomic mass is 32.2. The molecule has 0 aliphatic carbocycles. The molecular weight excluding hydrogens is 360 g/mol. The summed E-state index contributed by atoms with van der Waals surface area (Å²) in [6.45, 7) is 4.31. The number of fused-ring (bicyclic) bond motifs is 1. The number of urea groups is 1. The topological polar surface area (TPSA) is 91.4 Å². The Labute approximate surface area is 151 Å². The van der Waals surface area contributed by atoms with Crippen molar-refractivity contribution in [3.8, 4) is 0 Å². The average molecular weight is 380 g/mol. The molecule has 0 radical (unpaired) electrons. The number of anilines is 2. The van der Waals surface area contributed by atoms with E-state index in [1.807, 2.05) is 31.2 Å². The number of amides is 2. The molecule has 2 heterocycles. The van der Waals surface area contributed by atoms with Crippen molar-refractivity contribution in [1.29, 1.82) is 0 Å². The zero-order valence-electron chi connectivity index (χ0n) is 14.1. The summed E-state index contributed by atoms with van der Waals surface area (Å²) in [7, 11) is -3.21. The number of benzene rings is 1. The van der Waals surface area contributed by atoms with E-state index in [1.165, 1.54) is 15.6 Å². The maximum Gasteiger partial charge on any atom is 0.325 e. The highest BCUT2D eigenvalue weighted by molar-refractivity contribution is 7.89. The summed E-state index contributed by atoms with van der Waals surface area (Å²) < 4.78 is 25.5. The number of carbonyl (C=O) groups is 1. The lowest BCUT2D eigenvalue weighted by atomic mass is 10.2. The highest BCUT2D eigenvalue weighted by Crippen LogP contribution is 2.29. The standard InChI is InChI=1S/C16H20N4O3S2/c1-3-25(22,23)20-9-8-13-14(10-20)24-16(18-13)19-15(21)17-12-7-5-4-6-11(12)2/h4-7H,3,8-10H2,1-2H3,(H2,17,18,19,21). The Balaban J connectivity index is 1.68. The number of aromatic nitrogens is 1. The van der Waals surface area contributed by atoms with Crippen LogP contribution in [0.15, 0.2) is 24.3 Å². The molecule has 0 spiro atoms. The molecule has 2 N–H and O–H groups in total. The van der Waals surface area contributed by atoms with E-state index in [-0.39, 0.29) is 11.8 Å². The first-order valence-corrected chi connectivity index (χ1v) is 10.4. The van der Waals surface area contributed by atoms with E-state index in [2.05, 4.69) is 15.6 Å². The molecule has 0 unspecified atom stereocenters. The van der Waals surface area contributed by atoms with Gasteiger partial charge in [0.15, 0.2) is 5.13 Å². The van der Waals surface area contributed by atoms with Crippen LogP contribution in [-0.2, 0) is 23.0 Å². The number of thiazole rings is 1. The van der Waals surface area contributed by atoms with Crippen molar-refractivity contribution in [3.63, 3.8) is 0 Å². The lowest BCUT2D eigenvalue weighted by Crippen LogP contribution is -2.36. The van der Waals surface area contributed by atoms with Crippen LogP contribution in [0, 0.1) is 6.92 Å². The van der Waals surface area contributed by atoms with Crippen molar-refractivity contribution in [2.75, 3.05) is 22.9 Å². The third-order valence-corrected chi connectivity index (χ3v) is 6.89. The van der Waals surface area contributed by atoms with Gasteiger partial charge >= 0.3 is 6.03 Å². The molecule has 25 heavy (non-hydrogen) atoms. The number of nitrogens with one attached hydrogen (secondary N) is 2. The Bertz CT molecular complexity index is 893. The Hall–Kier alpha value is -1.97. The molecule has 3 rings (SSSR count). The largest absolute Gasteiger partial charge is 0.325 e. The smallest absolute Gasteiger partial charge is 0.307 e. The molecule has 1 aromatic heterocycles. The quantitative estimate of drug-likeness (QED) is 0.853. The Morgan fingerprint density at radius 3 is 2.80 bits per heavy atom. The summed E-state index contributed by atoms with van der Waals surface area (Å²) in [5.41, 5.74) is 2.57. The first-order valence-electron chi connectivity index (χ1n) is 7.99. The van der Waals surface area contributed by atoms with Gasteiger partial charge in [0.2, 0.25) is 10.0 Å². The van der Waals surface area contributed by atoms with E-state index < -0.39 is 10.0 Å². The maximum atomic E-state index is 12.2. The molecule has 2 aromatic rings. The van der Waals surface area contributed by atoms with E-state index in [0.29, 0.717) is 24.6 Å². The number of hydrogen-bond acceptors (Lipinski definition) is 5. The number of nitrogens with zero attached hydrogens (tertiary/aromatic N) is 2. The lowest BCUT2D eigenvalue weighted by molar-refractivity contribution is 0.262. The molecule has 1 aromatic carbocycles. The maximum absolute atomic E-state index is 12.2. The van der Waals surface area contributed by atoms with Crippen molar-refractivity contribution in [2.24, 2.45) is 0 Å². The second-order valence-electron chi connectivity index (χ2n) is 5.77. The van der Waals surface area contributed by atoms with Crippen molar-refractivity contribution in [1.82, 2.24) is 9.29 Å². The molecule has 134 valence electrons. The number of hydrogen-bond donors (Lipinski definition) is 2. The van der Waals surface area contributed by atoms with Gasteiger partial charge in [0.1, 0.15) is 0 Å². The number of para-hydroxylation sites is 1. The molecule has 1 aliphatic heterocycles. The van der Waals surface area contributed by atoms with Crippen molar-refractivity contribution < 1.29 is 13.2 Å². The number of aryl methyl sites for hydroxylation is 1. The third-order valence-electron chi connectivity index (χ3n) is 4.07. The monoisotopic (exact) mass is 380 g/mol. The highest BCUT2D eigenvalue weighted by Gasteiger charge is 2.28. The van der Waals surface area contributed by atoms with Gasteiger partial charge in [0.25, 0.3) is 0 Å². The van der Waals surface area contributed by atoms with Crippen molar-refractivity contribution in [3.05, 3.63) is 40.4 Å². The molecule has 0 fully saturated rings. The fraction of sp³-hybridized carbons (Fsp3) is 0.375. The molecular formula is C16H20N4O3S2. The van der Waals surface area contributed by atoms with Gasteiger partial charge in [-0.15, -0.1) is 0 Å². The van der Waals surface area contributed by atoms with Gasteiger partial charge in [-0.2, -0.15) is 4.31 Å². The number of sulfonamides is 1. The van der Waals surface area contributed by atoms with Gasteiger partial charge in [-0.1, -0.05) is 29.5 Å². The Morgan fingerprint density at radius 2 is 2.08 bits per heavy atom. The Kier molecular flexibility index (Phi) is 5.07. The van der Waals surface area contributed by atoms with Gasteiger partial charge in [-0.05, 0) is 25.5 Å². The summed E-state index contributed by atoms with van der Waals surface area (Å²) in [6, 6.07) is 7.14. The predicted molar refractivity (Wildman–Crippen MR) is 99.5 cm³/mol. The predicted octanol–water partition coefficient (Wildman–Crippen LogP) is 2.80. The summed E-state index contributed by atoms with van der Waals surface area (Å²) in [4.78, 5) is 17.5. The van der Waals surface area contributed by atoms with Gasteiger partial charge in [-0.25, -0.2) is 18.2 Å². The summed E-state index contributed by atoms with van der Waals surface area (Å²) in [5, 5.41) is 6.00. The molecule has 1 aliphatic rings. The second kappa shape index (κ2) is 7.11. The molecule has 0 saturated heterocycles. The summed E-state index contributed by atoms with van der Waals surface area (Å²) in [5.74, 6) is 0.0884. The fourth-order valence-electron chi connectivity index (χ4n) is 2.61. The van der Waals surface area contributed by atoms with Gasteiger partial charge in [0.05, 0.1) is 11.4 Å².